The van der Waals surface area contributed by atoms with Gasteiger partial charge in [0.15, 0.2) is 5.11 Å². The minimum Gasteiger partial charge on any atom is -0.381 e. The van der Waals surface area contributed by atoms with Crippen molar-refractivity contribution in [1.82, 2.24) is 19.6 Å². The van der Waals surface area contributed by atoms with Gasteiger partial charge in [0.05, 0.1) is 6.54 Å². The normalized spacial score (nSPS) is 17.0. The standard InChI is InChI=1S/C29H52N4O4S2/c1-7-30-20-24(34)32(26(30)35)22-28(3,4)14-9-11-16-36-18-13-19-37-17-12-10-15-29(5,6)23-33-25(38)21-31(8-2)27(33)39/h7-23H2,1-6H3. The maximum absolute atomic E-state index is 12.3. The predicted octanol–water partition coefficient (Wildman–Crippen LogP) is 5.34. The van der Waals surface area contributed by atoms with E-state index in [2.05, 4.69) is 44.4 Å². The lowest BCUT2D eigenvalue weighted by Gasteiger charge is -2.31. The number of urea groups is 1. The number of imide groups is 1. The zero-order valence-corrected chi connectivity index (χ0v) is 26.9. The van der Waals surface area contributed by atoms with Crippen LogP contribution in [-0.2, 0) is 14.3 Å². The van der Waals surface area contributed by atoms with Gasteiger partial charge in [-0.1, -0.05) is 52.8 Å². The molecule has 2 saturated heterocycles. The summed E-state index contributed by atoms with van der Waals surface area (Å²) in [6.07, 6.45) is 7.15. The average Bonchev–Trinajstić information content (AvgIpc) is 3.30. The molecule has 0 N–H and O–H groups in total. The average molecular weight is 585 g/mol. The van der Waals surface area contributed by atoms with Gasteiger partial charge in [-0.3, -0.25) is 9.69 Å². The molecule has 0 aromatic heterocycles. The van der Waals surface area contributed by atoms with Crippen LogP contribution in [0.1, 0.15) is 86.5 Å². The van der Waals surface area contributed by atoms with Crippen molar-refractivity contribution in [1.29, 1.82) is 0 Å². The Balaban J connectivity index is 1.44. The molecule has 0 radical (unpaired) electrons. The van der Waals surface area contributed by atoms with Gasteiger partial charge in [0.1, 0.15) is 11.5 Å². The largest absolute Gasteiger partial charge is 0.381 e. The molecular weight excluding hydrogens is 532 g/mol. The summed E-state index contributed by atoms with van der Waals surface area (Å²) in [6.45, 7) is 19.6. The molecule has 10 heteroatoms. The van der Waals surface area contributed by atoms with Crippen molar-refractivity contribution in [3.63, 3.8) is 0 Å². The SMILES string of the molecule is CCN1CC(=O)N(CC(C)(C)CCCCOCCCOCCCCC(C)(C)CN2C(=S)CN(CC)C2=S)C1=O. The van der Waals surface area contributed by atoms with Gasteiger partial charge < -0.3 is 24.2 Å². The zero-order valence-electron chi connectivity index (χ0n) is 25.3. The van der Waals surface area contributed by atoms with Crippen molar-refractivity contribution in [3.8, 4) is 0 Å². The van der Waals surface area contributed by atoms with Crippen LogP contribution in [0.2, 0.25) is 0 Å². The van der Waals surface area contributed by atoms with Crippen LogP contribution < -0.4 is 0 Å². The Bertz CT molecular complexity index is 770. The number of carbonyl (C=O) groups excluding carboxylic acids is 2. The molecule has 0 aromatic carbocycles. The van der Waals surface area contributed by atoms with E-state index >= 15 is 0 Å². The van der Waals surface area contributed by atoms with Crippen molar-refractivity contribution in [3.05, 3.63) is 0 Å². The van der Waals surface area contributed by atoms with Gasteiger partial charge in [0.2, 0.25) is 5.91 Å². The Morgan fingerprint density at radius 1 is 0.692 bits per heavy atom. The van der Waals surface area contributed by atoms with Gasteiger partial charge >= 0.3 is 6.03 Å². The Morgan fingerprint density at radius 2 is 1.18 bits per heavy atom. The third-order valence-corrected chi connectivity index (χ3v) is 8.38. The summed E-state index contributed by atoms with van der Waals surface area (Å²) in [6, 6.07) is -0.152. The highest BCUT2D eigenvalue weighted by Gasteiger charge is 2.38. The number of hydrogen-bond acceptors (Lipinski definition) is 6. The molecule has 8 nitrogen and oxygen atoms in total. The molecule has 39 heavy (non-hydrogen) atoms. The van der Waals surface area contributed by atoms with Gasteiger partial charge in [-0.15, -0.1) is 0 Å². The van der Waals surface area contributed by atoms with E-state index in [0.717, 1.165) is 94.5 Å². The number of ether oxygens (including phenoxy) is 2. The van der Waals surface area contributed by atoms with Crippen LogP contribution in [-0.4, -0.2) is 107 Å². The fourth-order valence-corrected chi connectivity index (χ4v) is 5.82. The summed E-state index contributed by atoms with van der Waals surface area (Å²) < 4.78 is 11.6. The van der Waals surface area contributed by atoms with Crippen molar-refractivity contribution < 1.29 is 19.1 Å². The predicted molar refractivity (Wildman–Crippen MR) is 165 cm³/mol. The first kappa shape index (κ1) is 33.8. The van der Waals surface area contributed by atoms with Crippen molar-refractivity contribution in [2.75, 3.05) is 65.7 Å². The summed E-state index contributed by atoms with van der Waals surface area (Å²) in [4.78, 5) is 32.8. The summed E-state index contributed by atoms with van der Waals surface area (Å²) >= 11 is 11.2. The first-order chi connectivity index (χ1) is 18.4. The minimum atomic E-state index is -0.152. The van der Waals surface area contributed by atoms with Crippen LogP contribution in [0.4, 0.5) is 4.79 Å². The van der Waals surface area contributed by atoms with Gasteiger partial charge in [-0.2, -0.15) is 0 Å². The van der Waals surface area contributed by atoms with E-state index in [1.54, 1.807) is 4.90 Å². The molecule has 3 amide bonds. The van der Waals surface area contributed by atoms with Gasteiger partial charge in [-0.05, 0) is 69.0 Å². The Kier molecular flexibility index (Phi) is 14.0. The first-order valence-electron chi connectivity index (χ1n) is 14.7. The maximum atomic E-state index is 12.3. The highest BCUT2D eigenvalue weighted by molar-refractivity contribution is 7.82. The molecule has 2 aliphatic heterocycles. The smallest absolute Gasteiger partial charge is 0.327 e. The number of rotatable bonds is 20. The van der Waals surface area contributed by atoms with E-state index in [0.29, 0.717) is 19.7 Å². The van der Waals surface area contributed by atoms with Crippen molar-refractivity contribution >= 4 is 46.5 Å². The fourth-order valence-electron chi connectivity index (χ4n) is 5.09. The Hall–Kier alpha value is -1.36. The van der Waals surface area contributed by atoms with Gasteiger partial charge in [0, 0.05) is 52.6 Å². The topological polar surface area (TPSA) is 65.6 Å². The summed E-state index contributed by atoms with van der Waals surface area (Å²) in [5.74, 6) is -0.0827. The van der Waals surface area contributed by atoms with Gasteiger partial charge in [-0.25, -0.2) is 4.79 Å². The Morgan fingerprint density at radius 3 is 1.64 bits per heavy atom. The number of hydrogen-bond donors (Lipinski definition) is 0. The molecule has 0 atom stereocenters. The molecule has 0 bridgehead atoms. The van der Waals surface area contributed by atoms with E-state index in [1.165, 1.54) is 4.90 Å². The molecule has 2 rings (SSSR count). The molecule has 2 heterocycles. The lowest BCUT2D eigenvalue weighted by Crippen LogP contribution is -2.39. The number of likely N-dealkylation sites (N-methyl/N-ethyl adjacent to an activating group) is 2. The second-order valence-electron chi connectivity index (χ2n) is 12.4. The molecule has 2 fully saturated rings. The third-order valence-electron chi connectivity index (χ3n) is 7.55. The molecular formula is C29H52N4O4S2. The van der Waals surface area contributed by atoms with E-state index in [1.807, 2.05) is 6.92 Å². The number of thiocarbonyl (C=S) groups is 2. The van der Waals surface area contributed by atoms with Crippen LogP contribution in [0, 0.1) is 10.8 Å². The molecule has 0 aromatic rings. The van der Waals surface area contributed by atoms with E-state index in [4.69, 9.17) is 33.9 Å². The number of carbonyl (C=O) groups is 2. The summed E-state index contributed by atoms with van der Waals surface area (Å²) in [5.41, 5.74) is 0.0578. The van der Waals surface area contributed by atoms with Crippen LogP contribution >= 0.6 is 24.4 Å². The quantitative estimate of drug-likeness (QED) is 0.108. The maximum Gasteiger partial charge on any atom is 0.327 e. The number of amides is 3. The van der Waals surface area contributed by atoms with Gasteiger partial charge in [0.25, 0.3) is 0 Å². The van der Waals surface area contributed by atoms with E-state index in [-0.39, 0.29) is 29.3 Å². The monoisotopic (exact) mass is 584 g/mol. The van der Waals surface area contributed by atoms with Crippen molar-refractivity contribution in [2.45, 2.75) is 86.5 Å². The fraction of sp³-hybridized carbons (Fsp3) is 0.862. The van der Waals surface area contributed by atoms with Crippen LogP contribution in [0.25, 0.3) is 0 Å². The first-order valence-corrected chi connectivity index (χ1v) is 15.6. The van der Waals surface area contributed by atoms with Crippen LogP contribution in [0.5, 0.6) is 0 Å². The molecule has 0 saturated carbocycles. The zero-order chi connectivity index (χ0) is 29.1. The van der Waals surface area contributed by atoms with Crippen LogP contribution in [0.15, 0.2) is 0 Å². The third kappa shape index (κ3) is 11.2. The highest BCUT2D eigenvalue weighted by Crippen LogP contribution is 2.28. The molecule has 224 valence electrons. The molecule has 0 aliphatic carbocycles. The molecule has 0 spiro atoms. The summed E-state index contributed by atoms with van der Waals surface area (Å²) in [7, 11) is 0. The lowest BCUT2D eigenvalue weighted by atomic mass is 9.86. The van der Waals surface area contributed by atoms with E-state index in [9.17, 15) is 9.59 Å². The second-order valence-corrected chi connectivity index (χ2v) is 13.2. The highest BCUT2D eigenvalue weighted by atomic mass is 32.1. The minimum absolute atomic E-state index is 0.0827. The molecule has 2 aliphatic rings. The van der Waals surface area contributed by atoms with E-state index < -0.39 is 0 Å². The van der Waals surface area contributed by atoms with Crippen LogP contribution in [0.3, 0.4) is 0 Å². The number of unbranched alkanes of at least 4 members (excludes halogenated alkanes) is 2. The Labute approximate surface area is 247 Å². The second kappa shape index (κ2) is 16.2. The lowest BCUT2D eigenvalue weighted by molar-refractivity contribution is -0.126. The van der Waals surface area contributed by atoms with Crippen molar-refractivity contribution in [2.24, 2.45) is 10.8 Å². The molecule has 0 unspecified atom stereocenters. The summed E-state index contributed by atoms with van der Waals surface area (Å²) in [5, 5.41) is 0.876. The number of nitrogens with zero attached hydrogens (tertiary/aromatic N) is 4.